The Morgan fingerprint density at radius 1 is 1.07 bits per heavy atom. The van der Waals surface area contributed by atoms with Gasteiger partial charge in [-0.1, -0.05) is 41.7 Å². The van der Waals surface area contributed by atoms with Crippen molar-refractivity contribution in [3.05, 3.63) is 121 Å². The number of esters is 2. The van der Waals surface area contributed by atoms with Crippen molar-refractivity contribution in [3.8, 4) is 5.75 Å². The number of methoxy groups -OCH3 is 1. The monoisotopic (exact) mass is 562 g/mol. The molecule has 3 heterocycles. The first-order chi connectivity index (χ1) is 19.4. The van der Waals surface area contributed by atoms with Crippen molar-refractivity contribution in [2.75, 3.05) is 20.3 Å². The van der Waals surface area contributed by atoms with E-state index in [9.17, 15) is 18.8 Å². The van der Waals surface area contributed by atoms with Crippen molar-refractivity contribution in [1.29, 1.82) is 0 Å². The first-order valence-corrected chi connectivity index (χ1v) is 13.0. The molecular weight excluding hydrogens is 539 g/mol. The molecule has 0 amide bonds. The Bertz CT molecular complexity index is 1770. The highest BCUT2D eigenvalue weighted by Gasteiger charge is 2.33. The number of benzene rings is 2. The molecule has 204 valence electrons. The van der Waals surface area contributed by atoms with E-state index in [2.05, 4.69) is 4.99 Å². The molecule has 1 atom stereocenters. The lowest BCUT2D eigenvalue weighted by Gasteiger charge is -2.25. The fraction of sp³-hybridized carbons (Fsp3) is 0.172. The molecule has 0 aliphatic carbocycles. The van der Waals surface area contributed by atoms with Gasteiger partial charge >= 0.3 is 11.9 Å². The van der Waals surface area contributed by atoms with Crippen LogP contribution in [-0.2, 0) is 14.3 Å². The van der Waals surface area contributed by atoms with Gasteiger partial charge in [0.25, 0.3) is 5.56 Å². The van der Waals surface area contributed by atoms with Crippen LogP contribution in [0.25, 0.3) is 6.08 Å². The van der Waals surface area contributed by atoms with Crippen molar-refractivity contribution >= 4 is 29.4 Å². The van der Waals surface area contributed by atoms with Crippen LogP contribution in [0, 0.1) is 5.82 Å². The van der Waals surface area contributed by atoms with Gasteiger partial charge in [0.15, 0.2) is 4.80 Å². The van der Waals surface area contributed by atoms with Gasteiger partial charge in [0.05, 0.1) is 34.7 Å². The minimum atomic E-state index is -0.899. The van der Waals surface area contributed by atoms with Crippen LogP contribution in [0.4, 0.5) is 4.39 Å². The lowest BCUT2D eigenvalue weighted by atomic mass is 9.96. The minimum absolute atomic E-state index is 0.0121. The summed E-state index contributed by atoms with van der Waals surface area (Å²) in [5, 5.41) is 0. The van der Waals surface area contributed by atoms with Crippen molar-refractivity contribution in [1.82, 2.24) is 4.57 Å². The van der Waals surface area contributed by atoms with Gasteiger partial charge in [0, 0.05) is 12.7 Å². The van der Waals surface area contributed by atoms with Crippen LogP contribution in [-0.4, -0.2) is 36.8 Å². The Balaban J connectivity index is 1.58. The number of ether oxygens (including phenoxy) is 3. The van der Waals surface area contributed by atoms with Gasteiger partial charge in [-0.25, -0.2) is 19.0 Å². The second-order valence-corrected chi connectivity index (χ2v) is 9.68. The van der Waals surface area contributed by atoms with Crippen molar-refractivity contribution in [3.63, 3.8) is 0 Å². The van der Waals surface area contributed by atoms with Gasteiger partial charge in [-0.15, -0.1) is 0 Å². The summed E-state index contributed by atoms with van der Waals surface area (Å²) in [6, 6.07) is 14.7. The number of aromatic nitrogens is 1. The van der Waals surface area contributed by atoms with E-state index in [-0.39, 0.29) is 40.4 Å². The number of nitrogens with zero attached hydrogens (tertiary/aromatic N) is 2. The second kappa shape index (κ2) is 11.6. The molecule has 5 rings (SSSR count). The van der Waals surface area contributed by atoms with Gasteiger partial charge in [0.2, 0.25) is 5.76 Å². The Morgan fingerprint density at radius 3 is 2.55 bits per heavy atom. The predicted molar refractivity (Wildman–Crippen MR) is 143 cm³/mol. The molecule has 9 nitrogen and oxygen atoms in total. The molecule has 0 unspecified atom stereocenters. The highest BCUT2D eigenvalue weighted by atomic mass is 32.1. The number of furan rings is 1. The Morgan fingerprint density at radius 2 is 1.85 bits per heavy atom. The molecule has 40 heavy (non-hydrogen) atoms. The summed E-state index contributed by atoms with van der Waals surface area (Å²) in [6.45, 7) is 1.87. The molecule has 0 spiro atoms. The molecule has 2 aromatic carbocycles. The van der Waals surface area contributed by atoms with Crippen LogP contribution in [0.3, 0.4) is 0 Å². The van der Waals surface area contributed by atoms with Crippen molar-refractivity contribution in [2.45, 2.75) is 13.0 Å². The number of halogens is 1. The van der Waals surface area contributed by atoms with E-state index < -0.39 is 29.4 Å². The lowest BCUT2D eigenvalue weighted by molar-refractivity contribution is -0.140. The van der Waals surface area contributed by atoms with Crippen LogP contribution in [0.1, 0.15) is 34.6 Å². The molecule has 11 heteroatoms. The molecular formula is C29H23FN2O7S. The lowest BCUT2D eigenvalue weighted by Crippen LogP contribution is -2.40. The Hall–Kier alpha value is -4.61. The van der Waals surface area contributed by atoms with E-state index in [4.69, 9.17) is 18.6 Å². The zero-order chi connectivity index (χ0) is 28.2. The van der Waals surface area contributed by atoms with E-state index >= 15 is 0 Å². The average Bonchev–Trinajstić information content (AvgIpc) is 3.59. The summed E-state index contributed by atoms with van der Waals surface area (Å²) in [5.41, 5.74) is 0.895. The Labute approximate surface area is 231 Å². The van der Waals surface area contributed by atoms with E-state index in [1.54, 1.807) is 55.5 Å². The molecule has 1 aliphatic rings. The van der Waals surface area contributed by atoms with Crippen LogP contribution in [0.15, 0.2) is 92.4 Å². The van der Waals surface area contributed by atoms with Gasteiger partial charge in [0.1, 0.15) is 18.2 Å². The maximum Gasteiger partial charge on any atom is 0.379 e. The molecule has 0 saturated heterocycles. The van der Waals surface area contributed by atoms with Gasteiger partial charge in [-0.2, -0.15) is 0 Å². The van der Waals surface area contributed by atoms with Crippen LogP contribution in [0.5, 0.6) is 5.75 Å². The quantitative estimate of drug-likeness (QED) is 0.184. The van der Waals surface area contributed by atoms with E-state index in [0.29, 0.717) is 16.1 Å². The zero-order valence-corrected chi connectivity index (χ0v) is 22.3. The average molecular weight is 563 g/mol. The van der Waals surface area contributed by atoms with Gasteiger partial charge in [-0.3, -0.25) is 9.36 Å². The number of allylic oxidation sites excluding steroid dienone is 1. The number of thiazole rings is 1. The summed E-state index contributed by atoms with van der Waals surface area (Å²) < 4.78 is 36.8. The largest absolute Gasteiger partial charge is 0.460 e. The molecule has 0 saturated carbocycles. The number of hydrogen-bond acceptors (Lipinski definition) is 9. The normalized spacial score (nSPS) is 15.0. The van der Waals surface area contributed by atoms with E-state index in [1.165, 1.54) is 36.1 Å². The van der Waals surface area contributed by atoms with Gasteiger partial charge < -0.3 is 18.6 Å². The minimum Gasteiger partial charge on any atom is -0.460 e. The van der Waals surface area contributed by atoms with Gasteiger partial charge in [-0.05, 0) is 48.9 Å². The number of hydrogen-bond donors (Lipinski definition) is 0. The summed E-state index contributed by atoms with van der Waals surface area (Å²) >= 11 is 1.09. The topological polar surface area (TPSA) is 109 Å². The maximum atomic E-state index is 14.3. The fourth-order valence-electron chi connectivity index (χ4n) is 4.20. The van der Waals surface area contributed by atoms with E-state index in [1.807, 2.05) is 0 Å². The summed E-state index contributed by atoms with van der Waals surface area (Å²) in [4.78, 5) is 44.0. The number of rotatable bonds is 8. The molecule has 1 aliphatic heterocycles. The molecule has 0 radical (unpaired) electrons. The first kappa shape index (κ1) is 27.0. The third-order valence-electron chi connectivity index (χ3n) is 6.08. The molecule has 4 aromatic rings. The smallest absolute Gasteiger partial charge is 0.379 e. The Kier molecular flexibility index (Phi) is 7.85. The third kappa shape index (κ3) is 5.42. The summed E-state index contributed by atoms with van der Waals surface area (Å²) in [6.07, 6.45) is 2.83. The number of carbonyl (C=O) groups is 2. The molecule has 0 bridgehead atoms. The molecule has 2 aromatic heterocycles. The van der Waals surface area contributed by atoms with Crippen LogP contribution >= 0.6 is 11.3 Å². The molecule has 0 N–H and O–H groups in total. The SMILES string of the molecule is COCCOC(=O)C1=C(C)N=c2s/c(=C/c3ccccc3F)c(=O)n2[C@H]1c1ccc(OC(=O)c2ccco2)cc1. The fourth-order valence-corrected chi connectivity index (χ4v) is 5.23. The molecule has 0 fully saturated rings. The zero-order valence-electron chi connectivity index (χ0n) is 21.5. The number of carbonyl (C=O) groups excluding carboxylic acids is 2. The highest BCUT2D eigenvalue weighted by molar-refractivity contribution is 7.07. The van der Waals surface area contributed by atoms with Crippen molar-refractivity contribution < 1.29 is 32.6 Å². The first-order valence-electron chi connectivity index (χ1n) is 12.2. The third-order valence-corrected chi connectivity index (χ3v) is 7.07. The van der Waals surface area contributed by atoms with Crippen LogP contribution in [0.2, 0.25) is 0 Å². The second-order valence-electron chi connectivity index (χ2n) is 8.67. The summed E-state index contributed by atoms with van der Waals surface area (Å²) in [7, 11) is 1.49. The van der Waals surface area contributed by atoms with Crippen molar-refractivity contribution in [2.24, 2.45) is 4.99 Å². The van der Waals surface area contributed by atoms with E-state index in [0.717, 1.165) is 11.3 Å². The summed E-state index contributed by atoms with van der Waals surface area (Å²) in [5.74, 6) is -1.51. The maximum absolute atomic E-state index is 14.3. The van der Waals surface area contributed by atoms with Crippen LogP contribution < -0.4 is 19.6 Å². The highest BCUT2D eigenvalue weighted by Crippen LogP contribution is 2.31. The predicted octanol–water partition coefficient (Wildman–Crippen LogP) is 3.38. The number of fused-ring (bicyclic) bond motifs is 1. The standard InChI is InChI=1S/C29H23FN2O7S/c1-17-24(28(35)38-15-14-36-2)25(18-9-11-20(12-10-18)39-27(34)22-8-5-13-37-22)32-26(33)23(40-29(32)31-17)16-19-6-3-4-7-21(19)30/h3-13,16,25H,14-15H2,1-2H3/b23-16+/t25-/m0/s1.